The molecule has 0 aliphatic rings. The Balaban J connectivity index is 1.90. The third-order valence-corrected chi connectivity index (χ3v) is 4.72. The van der Waals surface area contributed by atoms with E-state index in [0.717, 1.165) is 23.1 Å². The van der Waals surface area contributed by atoms with Crippen LogP contribution in [0.2, 0.25) is 0 Å². The highest BCUT2D eigenvalue weighted by molar-refractivity contribution is 7.19. The monoisotopic (exact) mass is 303 g/mol. The molecule has 0 saturated carbocycles. The quantitative estimate of drug-likeness (QED) is 0.779. The van der Waals surface area contributed by atoms with Gasteiger partial charge in [0.05, 0.1) is 6.20 Å². The van der Waals surface area contributed by atoms with Crippen LogP contribution in [0, 0.1) is 5.82 Å². The molecule has 1 unspecified atom stereocenters. The van der Waals surface area contributed by atoms with Crippen LogP contribution in [-0.4, -0.2) is 16.3 Å². The van der Waals surface area contributed by atoms with Crippen LogP contribution >= 0.6 is 11.3 Å². The Morgan fingerprint density at radius 3 is 2.95 bits per heavy atom. The van der Waals surface area contributed by atoms with Crippen molar-refractivity contribution in [3.8, 4) is 0 Å². The minimum atomic E-state index is -0.181. The number of aromatic nitrogens is 2. The molecule has 0 fully saturated rings. The predicted molar refractivity (Wildman–Crippen MR) is 85.1 cm³/mol. The molecular weight excluding hydrogens is 285 g/mol. The predicted octanol–water partition coefficient (Wildman–Crippen LogP) is 3.67. The van der Waals surface area contributed by atoms with Crippen LogP contribution in [0.4, 0.5) is 4.39 Å². The van der Waals surface area contributed by atoms with Crippen LogP contribution < -0.4 is 5.32 Å². The SMILES string of the molecule is CCNC(Cc1cnn(C)c1)c1cc2cc(F)ccc2s1. The molecule has 0 amide bonds. The third kappa shape index (κ3) is 3.14. The fraction of sp³-hybridized carbons (Fsp3) is 0.312. The summed E-state index contributed by atoms with van der Waals surface area (Å²) in [7, 11) is 1.92. The van der Waals surface area contributed by atoms with Gasteiger partial charge in [0, 0.05) is 28.9 Å². The third-order valence-electron chi connectivity index (χ3n) is 3.49. The van der Waals surface area contributed by atoms with Crippen molar-refractivity contribution in [2.75, 3.05) is 6.54 Å². The van der Waals surface area contributed by atoms with Crippen molar-refractivity contribution in [2.24, 2.45) is 7.05 Å². The maximum Gasteiger partial charge on any atom is 0.123 e. The summed E-state index contributed by atoms with van der Waals surface area (Å²) >= 11 is 1.72. The molecule has 5 heteroatoms. The van der Waals surface area contributed by atoms with Crippen molar-refractivity contribution >= 4 is 21.4 Å². The summed E-state index contributed by atoms with van der Waals surface area (Å²) in [6.07, 6.45) is 4.83. The summed E-state index contributed by atoms with van der Waals surface area (Å²) in [5, 5.41) is 8.71. The molecule has 3 aromatic rings. The number of likely N-dealkylation sites (N-methyl/N-ethyl adjacent to an activating group) is 1. The minimum Gasteiger partial charge on any atom is -0.309 e. The summed E-state index contributed by atoms with van der Waals surface area (Å²) < 4.78 is 16.3. The zero-order valence-corrected chi connectivity index (χ0v) is 13.0. The van der Waals surface area contributed by atoms with Crippen LogP contribution in [-0.2, 0) is 13.5 Å². The molecule has 3 nitrogen and oxygen atoms in total. The number of hydrogen-bond acceptors (Lipinski definition) is 3. The first-order valence-corrected chi connectivity index (χ1v) is 7.87. The topological polar surface area (TPSA) is 29.9 Å². The van der Waals surface area contributed by atoms with Crippen LogP contribution in [0.5, 0.6) is 0 Å². The molecule has 1 atom stereocenters. The molecule has 2 heterocycles. The maximum absolute atomic E-state index is 13.3. The van der Waals surface area contributed by atoms with E-state index in [4.69, 9.17) is 0 Å². The molecule has 1 aromatic carbocycles. The summed E-state index contributed by atoms with van der Waals surface area (Å²) in [6.45, 7) is 3.00. The number of hydrogen-bond donors (Lipinski definition) is 1. The van der Waals surface area contributed by atoms with Crippen molar-refractivity contribution in [2.45, 2.75) is 19.4 Å². The van der Waals surface area contributed by atoms with E-state index in [2.05, 4.69) is 23.4 Å². The van der Waals surface area contributed by atoms with Crippen LogP contribution in [0.1, 0.15) is 23.4 Å². The molecule has 0 radical (unpaired) electrons. The lowest BCUT2D eigenvalue weighted by Gasteiger charge is -2.15. The average Bonchev–Trinajstić information content (AvgIpc) is 3.04. The molecular formula is C16H18FN3S. The largest absolute Gasteiger partial charge is 0.309 e. The van der Waals surface area contributed by atoms with Crippen molar-refractivity contribution in [3.05, 3.63) is 52.9 Å². The number of thiophene rings is 1. The van der Waals surface area contributed by atoms with Gasteiger partial charge >= 0.3 is 0 Å². The van der Waals surface area contributed by atoms with E-state index in [9.17, 15) is 4.39 Å². The first-order valence-electron chi connectivity index (χ1n) is 7.05. The van der Waals surface area contributed by atoms with Gasteiger partial charge in [-0.2, -0.15) is 5.10 Å². The Morgan fingerprint density at radius 2 is 2.24 bits per heavy atom. The Hall–Kier alpha value is -1.72. The summed E-state index contributed by atoms with van der Waals surface area (Å²) in [4.78, 5) is 1.24. The fourth-order valence-corrected chi connectivity index (χ4v) is 3.66. The van der Waals surface area contributed by atoms with Crippen molar-refractivity contribution in [1.82, 2.24) is 15.1 Å². The van der Waals surface area contributed by atoms with E-state index in [0.29, 0.717) is 0 Å². The molecule has 0 bridgehead atoms. The van der Waals surface area contributed by atoms with E-state index in [-0.39, 0.29) is 11.9 Å². The number of halogens is 1. The van der Waals surface area contributed by atoms with Gasteiger partial charge in [-0.25, -0.2) is 4.39 Å². The Kier molecular flexibility index (Phi) is 4.03. The number of nitrogens with one attached hydrogen (secondary N) is 1. The van der Waals surface area contributed by atoms with E-state index >= 15 is 0 Å². The Labute approximate surface area is 127 Å². The van der Waals surface area contributed by atoms with Gasteiger partial charge in [-0.1, -0.05) is 6.92 Å². The number of nitrogens with zero attached hydrogens (tertiary/aromatic N) is 2. The standard InChI is InChI=1S/C16H18FN3S/c1-3-18-14(6-11-9-19-20(2)10-11)16-8-12-7-13(17)4-5-15(12)21-16/h4-5,7-10,14,18H,3,6H2,1-2H3. The molecule has 1 N–H and O–H groups in total. The Morgan fingerprint density at radius 1 is 1.38 bits per heavy atom. The van der Waals surface area contributed by atoms with Crippen LogP contribution in [0.15, 0.2) is 36.7 Å². The normalized spacial score (nSPS) is 12.9. The van der Waals surface area contributed by atoms with E-state index in [1.54, 1.807) is 17.4 Å². The minimum absolute atomic E-state index is 0.181. The first-order chi connectivity index (χ1) is 10.2. The number of aryl methyl sites for hydroxylation is 1. The molecule has 2 aromatic heterocycles. The molecule has 3 rings (SSSR count). The summed E-state index contributed by atoms with van der Waals surface area (Å²) in [6, 6.07) is 7.30. The van der Waals surface area contributed by atoms with Gasteiger partial charge in [-0.15, -0.1) is 11.3 Å². The number of fused-ring (bicyclic) bond motifs is 1. The van der Waals surface area contributed by atoms with Gasteiger partial charge in [0.1, 0.15) is 5.82 Å². The van der Waals surface area contributed by atoms with Gasteiger partial charge in [0.15, 0.2) is 0 Å². The fourth-order valence-electron chi connectivity index (χ4n) is 2.54. The highest BCUT2D eigenvalue weighted by atomic mass is 32.1. The molecule has 0 saturated heterocycles. The van der Waals surface area contributed by atoms with E-state index < -0.39 is 0 Å². The number of benzene rings is 1. The zero-order valence-electron chi connectivity index (χ0n) is 12.1. The first kappa shape index (κ1) is 14.2. The van der Waals surface area contributed by atoms with E-state index in [1.165, 1.54) is 16.5 Å². The molecule has 21 heavy (non-hydrogen) atoms. The molecule has 0 aliphatic carbocycles. The van der Waals surface area contributed by atoms with Crippen LogP contribution in [0.25, 0.3) is 10.1 Å². The smallest absolute Gasteiger partial charge is 0.123 e. The lowest BCUT2D eigenvalue weighted by atomic mass is 10.1. The lowest BCUT2D eigenvalue weighted by Crippen LogP contribution is -2.21. The highest BCUT2D eigenvalue weighted by Gasteiger charge is 2.15. The van der Waals surface area contributed by atoms with E-state index in [1.807, 2.05) is 30.2 Å². The molecule has 0 aliphatic heterocycles. The van der Waals surface area contributed by atoms with Gasteiger partial charge in [0.25, 0.3) is 0 Å². The van der Waals surface area contributed by atoms with Gasteiger partial charge in [0.2, 0.25) is 0 Å². The van der Waals surface area contributed by atoms with Crippen molar-refractivity contribution in [3.63, 3.8) is 0 Å². The lowest BCUT2D eigenvalue weighted by molar-refractivity contribution is 0.558. The highest BCUT2D eigenvalue weighted by Crippen LogP contribution is 2.32. The maximum atomic E-state index is 13.3. The second kappa shape index (κ2) is 5.95. The second-order valence-electron chi connectivity index (χ2n) is 5.17. The average molecular weight is 303 g/mol. The zero-order chi connectivity index (χ0) is 14.8. The van der Waals surface area contributed by atoms with Gasteiger partial charge in [-0.05, 0) is 48.2 Å². The second-order valence-corrected chi connectivity index (χ2v) is 6.28. The van der Waals surface area contributed by atoms with Crippen molar-refractivity contribution < 1.29 is 4.39 Å². The van der Waals surface area contributed by atoms with Crippen LogP contribution in [0.3, 0.4) is 0 Å². The van der Waals surface area contributed by atoms with Gasteiger partial charge in [-0.3, -0.25) is 4.68 Å². The van der Waals surface area contributed by atoms with Gasteiger partial charge < -0.3 is 5.32 Å². The molecule has 0 spiro atoms. The summed E-state index contributed by atoms with van der Waals surface area (Å²) in [5.41, 5.74) is 1.20. The number of rotatable bonds is 5. The Bertz CT molecular complexity index is 747. The summed E-state index contributed by atoms with van der Waals surface area (Å²) in [5.74, 6) is -0.181. The molecule has 110 valence electrons. The van der Waals surface area contributed by atoms with Crippen molar-refractivity contribution in [1.29, 1.82) is 0 Å².